The van der Waals surface area contributed by atoms with Crippen LogP contribution in [0.1, 0.15) is 51.9 Å². The molecule has 3 N–H and O–H groups in total. The lowest BCUT2D eigenvalue weighted by molar-refractivity contribution is 0.0860. The van der Waals surface area contributed by atoms with Crippen LogP contribution in [0.2, 0.25) is 0 Å². The van der Waals surface area contributed by atoms with Crippen LogP contribution in [0.25, 0.3) is 0 Å². The Morgan fingerprint density at radius 1 is 1.12 bits per heavy atom. The minimum Gasteiger partial charge on any atom is -0.394 e. The minimum absolute atomic E-state index is 0.0185. The van der Waals surface area contributed by atoms with Crippen molar-refractivity contribution in [2.24, 2.45) is 5.92 Å². The normalized spacial score (nSPS) is 18.9. The van der Waals surface area contributed by atoms with Crippen molar-refractivity contribution in [1.29, 1.82) is 0 Å². The van der Waals surface area contributed by atoms with Crippen LogP contribution >= 0.6 is 0 Å². The first-order chi connectivity index (χ1) is 7.76. The van der Waals surface area contributed by atoms with Gasteiger partial charge in [-0.3, -0.25) is 0 Å². The van der Waals surface area contributed by atoms with Crippen molar-refractivity contribution in [3.8, 4) is 0 Å². The highest BCUT2D eigenvalue weighted by Crippen LogP contribution is 2.26. The number of hydrogen-bond donors (Lipinski definition) is 3. The van der Waals surface area contributed by atoms with Gasteiger partial charge in [-0.15, -0.1) is 0 Å². The molecule has 0 atom stereocenters. The highest BCUT2D eigenvalue weighted by atomic mass is 16.3. The summed E-state index contributed by atoms with van der Waals surface area (Å²) in [7, 11) is 0. The fraction of sp³-hybridized carbons (Fsp3) is 1.00. The summed E-state index contributed by atoms with van der Waals surface area (Å²) in [5.41, 5.74) is -0.464. The molecule has 0 amide bonds. The van der Waals surface area contributed by atoms with Gasteiger partial charge in [-0.25, -0.2) is 0 Å². The van der Waals surface area contributed by atoms with Gasteiger partial charge in [0.25, 0.3) is 0 Å². The third-order valence-corrected chi connectivity index (χ3v) is 4.06. The second-order valence-electron chi connectivity index (χ2n) is 5.17. The van der Waals surface area contributed by atoms with Crippen LogP contribution in [0.4, 0.5) is 0 Å². The van der Waals surface area contributed by atoms with E-state index in [1.165, 1.54) is 38.5 Å². The lowest BCUT2D eigenvalue weighted by Crippen LogP contribution is -2.51. The zero-order valence-electron chi connectivity index (χ0n) is 10.5. The van der Waals surface area contributed by atoms with Crippen LogP contribution in [0, 0.1) is 5.92 Å². The van der Waals surface area contributed by atoms with E-state index in [0.29, 0.717) is 0 Å². The van der Waals surface area contributed by atoms with Gasteiger partial charge >= 0.3 is 0 Å². The summed E-state index contributed by atoms with van der Waals surface area (Å²) in [6, 6.07) is 0. The maximum atomic E-state index is 9.29. The van der Waals surface area contributed by atoms with Crippen molar-refractivity contribution in [1.82, 2.24) is 5.32 Å². The van der Waals surface area contributed by atoms with E-state index in [-0.39, 0.29) is 13.2 Å². The van der Waals surface area contributed by atoms with Gasteiger partial charge in [0.2, 0.25) is 0 Å². The van der Waals surface area contributed by atoms with E-state index >= 15 is 0 Å². The summed E-state index contributed by atoms with van der Waals surface area (Å²) in [6.45, 7) is 2.95. The predicted octanol–water partition coefficient (Wildman–Crippen LogP) is 1.68. The van der Waals surface area contributed by atoms with E-state index in [1.54, 1.807) is 0 Å². The third-order valence-electron chi connectivity index (χ3n) is 4.06. The van der Waals surface area contributed by atoms with Gasteiger partial charge in [-0.2, -0.15) is 0 Å². The Balaban J connectivity index is 2.21. The Bertz CT molecular complexity index is 167. The van der Waals surface area contributed by atoms with E-state index < -0.39 is 5.54 Å². The van der Waals surface area contributed by atoms with Crippen LogP contribution in [0.3, 0.4) is 0 Å². The number of aliphatic hydroxyl groups is 2. The Kier molecular flexibility index (Phi) is 6.32. The molecule has 0 aromatic rings. The van der Waals surface area contributed by atoms with Crippen LogP contribution < -0.4 is 5.32 Å². The number of aliphatic hydroxyl groups excluding tert-OH is 2. The molecule has 0 bridgehead atoms. The summed E-state index contributed by atoms with van der Waals surface area (Å²) >= 11 is 0. The maximum Gasteiger partial charge on any atom is 0.0645 e. The summed E-state index contributed by atoms with van der Waals surface area (Å²) in [6.07, 6.45) is 8.83. The van der Waals surface area contributed by atoms with E-state index in [9.17, 15) is 10.2 Å². The smallest absolute Gasteiger partial charge is 0.0645 e. The Morgan fingerprint density at radius 2 is 1.75 bits per heavy atom. The van der Waals surface area contributed by atoms with Crippen LogP contribution in [0.15, 0.2) is 0 Å². The zero-order chi connectivity index (χ0) is 11.9. The lowest BCUT2D eigenvalue weighted by Gasteiger charge is -2.31. The van der Waals surface area contributed by atoms with Crippen molar-refractivity contribution in [2.45, 2.75) is 57.4 Å². The molecule has 0 spiro atoms. The summed E-state index contributed by atoms with van der Waals surface area (Å²) < 4.78 is 0. The largest absolute Gasteiger partial charge is 0.394 e. The highest BCUT2D eigenvalue weighted by Gasteiger charge is 2.25. The van der Waals surface area contributed by atoms with Crippen LogP contribution in [-0.2, 0) is 0 Å². The molecule has 1 aliphatic rings. The zero-order valence-corrected chi connectivity index (χ0v) is 10.5. The number of nitrogens with one attached hydrogen (secondary N) is 1. The molecule has 0 saturated heterocycles. The molecular weight excluding hydrogens is 202 g/mol. The Morgan fingerprint density at radius 3 is 2.25 bits per heavy atom. The maximum absolute atomic E-state index is 9.29. The molecule has 1 rings (SSSR count). The van der Waals surface area contributed by atoms with Gasteiger partial charge in [-0.1, -0.05) is 39.0 Å². The Labute approximate surface area is 99.3 Å². The highest BCUT2D eigenvalue weighted by molar-refractivity contribution is 4.85. The number of hydrogen-bond acceptors (Lipinski definition) is 3. The average Bonchev–Trinajstić information content (AvgIpc) is 2.37. The monoisotopic (exact) mass is 229 g/mol. The molecule has 0 heterocycles. The van der Waals surface area contributed by atoms with E-state index in [1.807, 2.05) is 6.92 Å². The Hall–Kier alpha value is -0.120. The molecule has 0 aliphatic heterocycles. The third kappa shape index (κ3) is 4.04. The molecule has 0 aromatic heterocycles. The van der Waals surface area contributed by atoms with Crippen molar-refractivity contribution in [2.75, 3.05) is 19.8 Å². The fourth-order valence-corrected chi connectivity index (χ4v) is 2.53. The molecule has 16 heavy (non-hydrogen) atoms. The summed E-state index contributed by atoms with van der Waals surface area (Å²) in [5.74, 6) is 0.855. The molecule has 0 unspecified atom stereocenters. The molecule has 3 heteroatoms. The molecule has 96 valence electrons. The summed E-state index contributed by atoms with van der Waals surface area (Å²) in [5, 5.41) is 21.9. The van der Waals surface area contributed by atoms with Gasteiger partial charge in [0.05, 0.1) is 18.8 Å². The van der Waals surface area contributed by atoms with Gasteiger partial charge in [-0.05, 0) is 25.3 Å². The lowest BCUT2D eigenvalue weighted by atomic mass is 9.86. The van der Waals surface area contributed by atoms with Gasteiger partial charge in [0.15, 0.2) is 0 Å². The molecule has 0 aromatic carbocycles. The molecule has 3 nitrogen and oxygen atoms in total. The molecule has 1 fully saturated rings. The van der Waals surface area contributed by atoms with Gasteiger partial charge < -0.3 is 15.5 Å². The standard InChI is InChI=1S/C13H27NO2/c1-2-13(10-15,11-16)14-9-8-12-6-4-3-5-7-12/h12,14-16H,2-11H2,1H3. The topological polar surface area (TPSA) is 52.5 Å². The molecule has 1 aliphatic carbocycles. The van der Waals surface area contributed by atoms with E-state index in [0.717, 1.165) is 18.9 Å². The molecule has 0 radical (unpaired) electrons. The average molecular weight is 229 g/mol. The SMILES string of the molecule is CCC(CO)(CO)NCCC1CCCCC1. The summed E-state index contributed by atoms with van der Waals surface area (Å²) in [4.78, 5) is 0. The number of rotatable bonds is 7. The molecule has 1 saturated carbocycles. The van der Waals surface area contributed by atoms with Crippen LogP contribution in [-0.4, -0.2) is 35.5 Å². The fourth-order valence-electron chi connectivity index (χ4n) is 2.53. The van der Waals surface area contributed by atoms with Crippen molar-refractivity contribution < 1.29 is 10.2 Å². The minimum atomic E-state index is -0.464. The van der Waals surface area contributed by atoms with Gasteiger partial charge in [0.1, 0.15) is 0 Å². The van der Waals surface area contributed by atoms with E-state index in [4.69, 9.17) is 0 Å². The second-order valence-corrected chi connectivity index (χ2v) is 5.17. The predicted molar refractivity (Wildman–Crippen MR) is 66.4 cm³/mol. The molecular formula is C13H27NO2. The second kappa shape index (κ2) is 7.25. The van der Waals surface area contributed by atoms with Crippen molar-refractivity contribution >= 4 is 0 Å². The quantitative estimate of drug-likeness (QED) is 0.622. The first-order valence-electron chi connectivity index (χ1n) is 6.73. The first-order valence-corrected chi connectivity index (χ1v) is 6.73. The van der Waals surface area contributed by atoms with E-state index in [2.05, 4.69) is 5.32 Å². The van der Waals surface area contributed by atoms with Crippen molar-refractivity contribution in [3.05, 3.63) is 0 Å². The first kappa shape index (κ1) is 13.9. The van der Waals surface area contributed by atoms with Crippen LogP contribution in [0.5, 0.6) is 0 Å². The van der Waals surface area contributed by atoms with Gasteiger partial charge in [0, 0.05) is 0 Å². The van der Waals surface area contributed by atoms with Crippen molar-refractivity contribution in [3.63, 3.8) is 0 Å².